The lowest BCUT2D eigenvalue weighted by molar-refractivity contribution is -0.142. The maximum Gasteiger partial charge on any atom is 0.242 e. The van der Waals surface area contributed by atoms with E-state index in [0.29, 0.717) is 5.56 Å². The normalized spacial score (nSPS) is 22.0. The highest BCUT2D eigenvalue weighted by Gasteiger charge is 2.49. The summed E-state index contributed by atoms with van der Waals surface area (Å²) in [5.74, 6) is -0.347. The van der Waals surface area contributed by atoms with Gasteiger partial charge in [0.1, 0.15) is 0 Å². The molecule has 0 N–H and O–H groups in total. The fourth-order valence-electron chi connectivity index (χ4n) is 2.72. The minimum absolute atomic E-state index is 0.0550. The third-order valence-corrected chi connectivity index (χ3v) is 6.66. The van der Waals surface area contributed by atoms with Crippen LogP contribution in [0.4, 0.5) is 0 Å². The summed E-state index contributed by atoms with van der Waals surface area (Å²) < 4.78 is 25.6. The van der Waals surface area contributed by atoms with Gasteiger partial charge in [0.25, 0.3) is 0 Å². The Morgan fingerprint density at radius 1 is 1.25 bits per heavy atom. The second-order valence-corrected chi connectivity index (χ2v) is 9.12. The summed E-state index contributed by atoms with van der Waals surface area (Å²) in [4.78, 5) is 26.3. The monoisotopic (exact) mass is 352 g/mol. The molecular formula is C17H24N2O4S. The number of amides is 2. The lowest BCUT2D eigenvalue weighted by atomic mass is 9.78. The molecule has 0 aliphatic carbocycles. The van der Waals surface area contributed by atoms with Gasteiger partial charge < -0.3 is 0 Å². The molecule has 24 heavy (non-hydrogen) atoms. The van der Waals surface area contributed by atoms with Crippen LogP contribution in [0.15, 0.2) is 29.2 Å². The molecule has 0 saturated carbocycles. The quantitative estimate of drug-likeness (QED) is 0.758. The number of benzene rings is 1. The van der Waals surface area contributed by atoms with Gasteiger partial charge in [0.2, 0.25) is 21.8 Å². The Morgan fingerprint density at radius 3 is 2.38 bits per heavy atom. The lowest BCUT2D eigenvalue weighted by Crippen LogP contribution is -2.36. The maximum absolute atomic E-state index is 12.7. The Bertz CT molecular complexity index is 771. The van der Waals surface area contributed by atoms with Gasteiger partial charge in [-0.3, -0.25) is 14.5 Å². The van der Waals surface area contributed by atoms with E-state index in [1.54, 1.807) is 12.1 Å². The molecule has 0 aromatic heterocycles. The molecular weight excluding hydrogens is 328 g/mol. The molecule has 1 aliphatic rings. The molecule has 0 radical (unpaired) electrons. The highest BCUT2D eigenvalue weighted by molar-refractivity contribution is 7.89. The van der Waals surface area contributed by atoms with Gasteiger partial charge in [-0.2, -0.15) is 0 Å². The number of carbonyl (C=O) groups is 2. The van der Waals surface area contributed by atoms with Crippen LogP contribution in [0, 0.1) is 11.3 Å². The summed E-state index contributed by atoms with van der Waals surface area (Å²) in [6.07, 6.45) is 0.194. The van der Waals surface area contributed by atoms with Crippen LogP contribution < -0.4 is 0 Å². The largest absolute Gasteiger partial charge is 0.278 e. The lowest BCUT2D eigenvalue weighted by Gasteiger charge is -2.26. The first kappa shape index (κ1) is 18.6. The van der Waals surface area contributed by atoms with Crippen molar-refractivity contribution in [2.45, 2.75) is 38.6 Å². The second-order valence-electron chi connectivity index (χ2n) is 6.97. The SMILES string of the molecule is CC(C)C1(C)CC(=O)N(Cc2cccc(S(=O)(=O)N(C)C)c2)C1=O. The standard InChI is InChI=1S/C17H24N2O4S/c1-12(2)17(3)10-15(20)19(16(17)21)11-13-7-6-8-14(9-13)24(22,23)18(4)5/h6-9,12H,10-11H2,1-5H3. The summed E-state index contributed by atoms with van der Waals surface area (Å²) in [5.41, 5.74) is -0.0719. The molecule has 7 heteroatoms. The Hall–Kier alpha value is -1.73. The van der Waals surface area contributed by atoms with Crippen LogP contribution in [-0.2, 0) is 26.2 Å². The molecule has 1 fully saturated rings. The minimum Gasteiger partial charge on any atom is -0.278 e. The fraction of sp³-hybridized carbons (Fsp3) is 0.529. The number of hydrogen-bond donors (Lipinski definition) is 0. The predicted molar refractivity (Wildman–Crippen MR) is 90.4 cm³/mol. The van der Waals surface area contributed by atoms with Gasteiger partial charge in [0, 0.05) is 20.5 Å². The summed E-state index contributed by atoms with van der Waals surface area (Å²) in [6, 6.07) is 6.37. The zero-order valence-electron chi connectivity index (χ0n) is 14.7. The summed E-state index contributed by atoms with van der Waals surface area (Å²) in [7, 11) is -0.628. The van der Waals surface area contributed by atoms with Crippen LogP contribution in [0.25, 0.3) is 0 Å². The molecule has 0 bridgehead atoms. The number of hydrogen-bond acceptors (Lipinski definition) is 4. The molecule has 1 aliphatic heterocycles. The number of likely N-dealkylation sites (tertiary alicyclic amines) is 1. The number of imide groups is 1. The summed E-state index contributed by atoms with van der Waals surface area (Å²) in [5, 5.41) is 0. The van der Waals surface area contributed by atoms with Crippen molar-refractivity contribution in [1.82, 2.24) is 9.21 Å². The van der Waals surface area contributed by atoms with E-state index in [-0.39, 0.29) is 35.6 Å². The average Bonchev–Trinajstić information content (AvgIpc) is 2.72. The maximum atomic E-state index is 12.7. The minimum atomic E-state index is -3.55. The molecule has 132 valence electrons. The van der Waals surface area contributed by atoms with E-state index in [2.05, 4.69) is 0 Å². The highest BCUT2D eigenvalue weighted by atomic mass is 32.2. The molecule has 6 nitrogen and oxygen atoms in total. The van der Waals surface area contributed by atoms with Gasteiger partial charge in [-0.05, 0) is 30.5 Å². The molecule has 1 saturated heterocycles. The number of sulfonamides is 1. The van der Waals surface area contributed by atoms with Gasteiger partial charge in [-0.1, -0.05) is 26.0 Å². The van der Waals surface area contributed by atoms with E-state index in [1.807, 2.05) is 20.8 Å². The average molecular weight is 352 g/mol. The zero-order chi connectivity index (χ0) is 18.3. The first-order valence-electron chi connectivity index (χ1n) is 7.86. The molecule has 0 spiro atoms. The van der Waals surface area contributed by atoms with E-state index in [1.165, 1.54) is 31.1 Å². The van der Waals surface area contributed by atoms with Crippen molar-refractivity contribution < 1.29 is 18.0 Å². The van der Waals surface area contributed by atoms with Gasteiger partial charge in [0.05, 0.1) is 16.9 Å². The zero-order valence-corrected chi connectivity index (χ0v) is 15.6. The third-order valence-electron chi connectivity index (χ3n) is 4.85. The van der Waals surface area contributed by atoms with Gasteiger partial charge in [0.15, 0.2) is 0 Å². The Morgan fingerprint density at radius 2 is 1.88 bits per heavy atom. The van der Waals surface area contributed by atoms with Crippen LogP contribution >= 0.6 is 0 Å². The van der Waals surface area contributed by atoms with Crippen LogP contribution in [0.1, 0.15) is 32.8 Å². The van der Waals surface area contributed by atoms with Crippen LogP contribution in [-0.4, -0.2) is 43.5 Å². The number of rotatable bonds is 5. The fourth-order valence-corrected chi connectivity index (χ4v) is 3.69. The van der Waals surface area contributed by atoms with E-state index in [9.17, 15) is 18.0 Å². The molecule has 2 rings (SSSR count). The van der Waals surface area contributed by atoms with Gasteiger partial charge in [-0.15, -0.1) is 0 Å². The van der Waals surface area contributed by atoms with Crippen molar-refractivity contribution in [3.63, 3.8) is 0 Å². The highest BCUT2D eigenvalue weighted by Crippen LogP contribution is 2.39. The van der Waals surface area contributed by atoms with Gasteiger partial charge >= 0.3 is 0 Å². The first-order chi connectivity index (χ1) is 11.0. The molecule has 1 heterocycles. The molecule has 1 unspecified atom stereocenters. The third kappa shape index (κ3) is 3.10. The Balaban J connectivity index is 2.30. The van der Waals surface area contributed by atoms with E-state index < -0.39 is 15.4 Å². The van der Waals surface area contributed by atoms with Crippen LogP contribution in [0.5, 0.6) is 0 Å². The Labute approximate surface area is 143 Å². The molecule has 1 atom stereocenters. The van der Waals surface area contributed by atoms with Crippen molar-refractivity contribution in [2.75, 3.05) is 14.1 Å². The van der Waals surface area contributed by atoms with Crippen molar-refractivity contribution in [3.8, 4) is 0 Å². The van der Waals surface area contributed by atoms with Crippen LogP contribution in [0.3, 0.4) is 0 Å². The van der Waals surface area contributed by atoms with Crippen LogP contribution in [0.2, 0.25) is 0 Å². The van der Waals surface area contributed by atoms with Crippen molar-refractivity contribution >= 4 is 21.8 Å². The summed E-state index contributed by atoms with van der Waals surface area (Å²) in [6.45, 7) is 5.76. The molecule has 2 amide bonds. The number of carbonyl (C=O) groups excluding carboxylic acids is 2. The first-order valence-corrected chi connectivity index (χ1v) is 9.30. The van der Waals surface area contributed by atoms with E-state index >= 15 is 0 Å². The molecule has 1 aromatic rings. The molecule has 1 aromatic carbocycles. The summed E-state index contributed by atoms with van der Waals surface area (Å²) >= 11 is 0. The number of nitrogens with zero attached hydrogens (tertiary/aromatic N) is 2. The van der Waals surface area contributed by atoms with Gasteiger partial charge in [-0.25, -0.2) is 12.7 Å². The van der Waals surface area contributed by atoms with Crippen molar-refractivity contribution in [3.05, 3.63) is 29.8 Å². The topological polar surface area (TPSA) is 74.8 Å². The Kier molecular flexibility index (Phi) is 4.88. The van der Waals surface area contributed by atoms with E-state index in [4.69, 9.17) is 0 Å². The predicted octanol–water partition coefficient (Wildman–Crippen LogP) is 1.86. The van der Waals surface area contributed by atoms with E-state index in [0.717, 1.165) is 4.31 Å². The van der Waals surface area contributed by atoms with Crippen molar-refractivity contribution in [1.29, 1.82) is 0 Å². The second kappa shape index (κ2) is 6.29. The van der Waals surface area contributed by atoms with Crippen molar-refractivity contribution in [2.24, 2.45) is 11.3 Å². The smallest absolute Gasteiger partial charge is 0.242 e.